The number of piperazine rings is 1. The average molecular weight is 297 g/mol. The van der Waals surface area contributed by atoms with Crippen LogP contribution in [0.2, 0.25) is 0 Å². The van der Waals surface area contributed by atoms with E-state index in [0.29, 0.717) is 32.7 Å². The predicted molar refractivity (Wildman–Crippen MR) is 68.2 cm³/mol. The minimum atomic E-state index is -4.38. The monoisotopic (exact) mass is 297 g/mol. The van der Waals surface area contributed by atoms with E-state index in [-0.39, 0.29) is 0 Å². The molecule has 1 aliphatic rings. The van der Waals surface area contributed by atoms with E-state index in [2.05, 4.69) is 4.90 Å². The SMILES string of the molecule is CC(O)CN1CCN(C(C)C(=O)NCC(F)(F)F)CC1. The molecule has 1 heterocycles. The maximum Gasteiger partial charge on any atom is 0.405 e. The van der Waals surface area contributed by atoms with Crippen LogP contribution in [0.3, 0.4) is 0 Å². The second kappa shape index (κ2) is 7.24. The molecule has 1 rings (SSSR count). The number of aliphatic hydroxyl groups excluding tert-OH is 1. The summed E-state index contributed by atoms with van der Waals surface area (Å²) in [5, 5.41) is 11.2. The fourth-order valence-corrected chi connectivity index (χ4v) is 2.21. The third-order valence-corrected chi connectivity index (χ3v) is 3.32. The molecule has 0 aromatic rings. The first-order valence-corrected chi connectivity index (χ1v) is 6.68. The first-order chi connectivity index (χ1) is 9.19. The Morgan fingerprint density at radius 1 is 1.25 bits per heavy atom. The fraction of sp³-hybridized carbons (Fsp3) is 0.917. The number of hydrogen-bond donors (Lipinski definition) is 2. The van der Waals surface area contributed by atoms with Crippen LogP contribution >= 0.6 is 0 Å². The molecule has 0 spiro atoms. The molecule has 0 aromatic heterocycles. The van der Waals surface area contributed by atoms with E-state index in [0.717, 1.165) is 0 Å². The average Bonchev–Trinajstić information content (AvgIpc) is 2.34. The van der Waals surface area contributed by atoms with E-state index < -0.39 is 30.8 Å². The van der Waals surface area contributed by atoms with Crippen molar-refractivity contribution in [1.29, 1.82) is 0 Å². The van der Waals surface area contributed by atoms with E-state index in [4.69, 9.17) is 0 Å². The van der Waals surface area contributed by atoms with Gasteiger partial charge in [-0.05, 0) is 13.8 Å². The van der Waals surface area contributed by atoms with Gasteiger partial charge in [0.15, 0.2) is 0 Å². The van der Waals surface area contributed by atoms with E-state index in [1.165, 1.54) is 0 Å². The van der Waals surface area contributed by atoms with Gasteiger partial charge in [-0.25, -0.2) is 0 Å². The zero-order chi connectivity index (χ0) is 15.3. The minimum Gasteiger partial charge on any atom is -0.392 e. The van der Waals surface area contributed by atoms with Gasteiger partial charge in [0.25, 0.3) is 0 Å². The number of carbonyl (C=O) groups is 1. The van der Waals surface area contributed by atoms with Gasteiger partial charge in [0.1, 0.15) is 6.54 Å². The lowest BCUT2D eigenvalue weighted by molar-refractivity contribution is -0.141. The molecule has 20 heavy (non-hydrogen) atoms. The second-order valence-corrected chi connectivity index (χ2v) is 5.19. The Kier molecular flexibility index (Phi) is 6.22. The molecule has 1 fully saturated rings. The van der Waals surface area contributed by atoms with Crippen molar-refractivity contribution in [3.8, 4) is 0 Å². The smallest absolute Gasteiger partial charge is 0.392 e. The van der Waals surface area contributed by atoms with Gasteiger partial charge in [0.2, 0.25) is 5.91 Å². The van der Waals surface area contributed by atoms with E-state index in [1.54, 1.807) is 13.8 Å². The summed E-state index contributed by atoms with van der Waals surface area (Å²) >= 11 is 0. The molecule has 2 atom stereocenters. The van der Waals surface area contributed by atoms with Gasteiger partial charge in [-0.3, -0.25) is 14.6 Å². The molecule has 0 aromatic carbocycles. The highest BCUT2D eigenvalue weighted by molar-refractivity contribution is 5.81. The summed E-state index contributed by atoms with van der Waals surface area (Å²) in [7, 11) is 0. The summed E-state index contributed by atoms with van der Waals surface area (Å²) in [5.41, 5.74) is 0. The number of nitrogens with zero attached hydrogens (tertiary/aromatic N) is 2. The highest BCUT2D eigenvalue weighted by Crippen LogP contribution is 2.13. The lowest BCUT2D eigenvalue weighted by Gasteiger charge is -2.37. The van der Waals surface area contributed by atoms with E-state index in [9.17, 15) is 23.1 Å². The van der Waals surface area contributed by atoms with Crippen LogP contribution in [0, 0.1) is 0 Å². The molecule has 0 bridgehead atoms. The minimum absolute atomic E-state index is 0.408. The lowest BCUT2D eigenvalue weighted by atomic mass is 10.2. The van der Waals surface area contributed by atoms with E-state index in [1.807, 2.05) is 10.2 Å². The van der Waals surface area contributed by atoms with Crippen molar-refractivity contribution < 1.29 is 23.1 Å². The van der Waals surface area contributed by atoms with Crippen LogP contribution in [0.1, 0.15) is 13.8 Å². The molecule has 0 radical (unpaired) electrons. The van der Waals surface area contributed by atoms with Crippen LogP contribution in [0.15, 0.2) is 0 Å². The van der Waals surface area contributed by atoms with Crippen molar-refractivity contribution in [1.82, 2.24) is 15.1 Å². The molecule has 0 aliphatic carbocycles. The standard InChI is InChI=1S/C12H22F3N3O2/c1-9(19)7-17-3-5-18(6-4-17)10(2)11(20)16-8-12(13,14)15/h9-10,19H,3-8H2,1-2H3,(H,16,20). The Bertz CT molecular complexity index is 316. The first kappa shape index (κ1) is 17.2. The van der Waals surface area contributed by atoms with Crippen molar-refractivity contribution in [2.75, 3.05) is 39.3 Å². The van der Waals surface area contributed by atoms with Crippen LogP contribution in [-0.4, -0.2) is 78.4 Å². The van der Waals surface area contributed by atoms with Crippen LogP contribution in [0.25, 0.3) is 0 Å². The Balaban J connectivity index is 2.34. The molecule has 8 heteroatoms. The summed E-state index contributed by atoms with van der Waals surface area (Å²) in [6.07, 6.45) is -4.79. The van der Waals surface area contributed by atoms with Crippen molar-refractivity contribution in [3.63, 3.8) is 0 Å². The molecular weight excluding hydrogens is 275 g/mol. The fourth-order valence-electron chi connectivity index (χ4n) is 2.21. The number of alkyl halides is 3. The third-order valence-electron chi connectivity index (χ3n) is 3.32. The Hall–Kier alpha value is -0.860. The molecule has 5 nitrogen and oxygen atoms in total. The summed E-state index contributed by atoms with van der Waals surface area (Å²) in [6, 6.07) is -0.578. The number of β-amino-alcohol motifs (C(OH)–C–C–N with tert-alkyl or cyclic N) is 1. The van der Waals surface area contributed by atoms with Crippen LogP contribution in [0.5, 0.6) is 0 Å². The maximum absolute atomic E-state index is 12.0. The van der Waals surface area contributed by atoms with E-state index >= 15 is 0 Å². The predicted octanol–water partition coefficient (Wildman–Crippen LogP) is 0.0518. The van der Waals surface area contributed by atoms with Crippen LogP contribution < -0.4 is 5.32 Å². The summed E-state index contributed by atoms with van der Waals surface area (Å²) in [5.74, 6) is -0.605. The Labute approximate surface area is 116 Å². The molecule has 118 valence electrons. The first-order valence-electron chi connectivity index (χ1n) is 6.68. The Morgan fingerprint density at radius 2 is 1.80 bits per heavy atom. The number of carbonyl (C=O) groups excluding carboxylic acids is 1. The number of amides is 1. The highest BCUT2D eigenvalue weighted by atomic mass is 19.4. The number of halogens is 3. The Morgan fingerprint density at radius 3 is 2.25 bits per heavy atom. The van der Waals surface area contributed by atoms with Gasteiger partial charge in [0.05, 0.1) is 12.1 Å². The zero-order valence-corrected chi connectivity index (χ0v) is 11.8. The van der Waals surface area contributed by atoms with Crippen molar-refractivity contribution >= 4 is 5.91 Å². The van der Waals surface area contributed by atoms with Crippen molar-refractivity contribution in [3.05, 3.63) is 0 Å². The van der Waals surface area contributed by atoms with Crippen molar-refractivity contribution in [2.45, 2.75) is 32.2 Å². The highest BCUT2D eigenvalue weighted by Gasteiger charge is 2.31. The lowest BCUT2D eigenvalue weighted by Crippen LogP contribution is -2.55. The molecule has 2 N–H and O–H groups in total. The largest absolute Gasteiger partial charge is 0.405 e. The molecular formula is C12H22F3N3O2. The number of aliphatic hydroxyl groups is 1. The summed E-state index contributed by atoms with van der Waals surface area (Å²) < 4.78 is 36.1. The molecule has 1 amide bonds. The van der Waals surface area contributed by atoms with Crippen LogP contribution in [-0.2, 0) is 4.79 Å². The quantitative estimate of drug-likeness (QED) is 0.753. The maximum atomic E-state index is 12.0. The van der Waals surface area contributed by atoms with Gasteiger partial charge in [0, 0.05) is 32.7 Å². The number of nitrogens with one attached hydrogen (secondary N) is 1. The molecule has 1 saturated heterocycles. The number of hydrogen-bond acceptors (Lipinski definition) is 4. The van der Waals surface area contributed by atoms with Gasteiger partial charge in [-0.2, -0.15) is 13.2 Å². The molecule has 2 unspecified atom stereocenters. The normalized spacial score (nSPS) is 21.5. The van der Waals surface area contributed by atoms with Gasteiger partial charge in [-0.1, -0.05) is 0 Å². The summed E-state index contributed by atoms with van der Waals surface area (Å²) in [6.45, 7) is 5.19. The number of rotatable bonds is 5. The zero-order valence-electron chi connectivity index (χ0n) is 11.8. The van der Waals surface area contributed by atoms with Crippen molar-refractivity contribution in [2.24, 2.45) is 0 Å². The summed E-state index contributed by atoms with van der Waals surface area (Å²) in [4.78, 5) is 15.6. The topological polar surface area (TPSA) is 55.8 Å². The third kappa shape index (κ3) is 6.06. The van der Waals surface area contributed by atoms with Gasteiger partial charge < -0.3 is 10.4 Å². The molecule has 1 aliphatic heterocycles. The van der Waals surface area contributed by atoms with Gasteiger partial charge >= 0.3 is 6.18 Å². The second-order valence-electron chi connectivity index (χ2n) is 5.19. The van der Waals surface area contributed by atoms with Crippen LogP contribution in [0.4, 0.5) is 13.2 Å². The van der Waals surface area contributed by atoms with Gasteiger partial charge in [-0.15, -0.1) is 0 Å². The molecule has 0 saturated carbocycles.